The Kier molecular flexibility index (Phi) is 2.80. The first kappa shape index (κ1) is 12.0. The van der Waals surface area contributed by atoms with Gasteiger partial charge in [0, 0.05) is 30.1 Å². The quantitative estimate of drug-likeness (QED) is 0.788. The highest BCUT2D eigenvalue weighted by atomic mass is 16.2. The second-order valence-corrected chi connectivity index (χ2v) is 5.99. The number of nitrogens with one attached hydrogen (secondary N) is 2. The van der Waals surface area contributed by atoms with E-state index in [1.807, 2.05) is 18.2 Å². The molecule has 2 bridgehead atoms. The molecule has 5 nitrogen and oxygen atoms in total. The van der Waals surface area contributed by atoms with E-state index in [-0.39, 0.29) is 11.9 Å². The fourth-order valence-electron chi connectivity index (χ4n) is 3.62. The van der Waals surface area contributed by atoms with Crippen molar-refractivity contribution in [1.82, 2.24) is 10.6 Å². The Morgan fingerprint density at radius 1 is 1.25 bits per heavy atom. The zero-order valence-electron chi connectivity index (χ0n) is 11.3. The fourth-order valence-corrected chi connectivity index (χ4v) is 3.62. The van der Waals surface area contributed by atoms with E-state index in [0.717, 1.165) is 30.5 Å². The molecule has 3 aliphatic heterocycles. The van der Waals surface area contributed by atoms with E-state index in [1.165, 1.54) is 12.8 Å². The second kappa shape index (κ2) is 4.66. The maximum atomic E-state index is 12.4. The number of amides is 1. The molecule has 2 fully saturated rings. The zero-order chi connectivity index (χ0) is 13.5. The lowest BCUT2D eigenvalue weighted by molar-refractivity contribution is -0.115. The molecular weight excluding hydrogens is 252 g/mol. The van der Waals surface area contributed by atoms with Crippen LogP contribution in [0.4, 0.5) is 0 Å². The van der Waals surface area contributed by atoms with E-state index in [1.54, 1.807) is 0 Å². The molecule has 0 radical (unpaired) electrons. The molecule has 104 valence electrons. The summed E-state index contributed by atoms with van der Waals surface area (Å²) in [6, 6.07) is 1.43. The van der Waals surface area contributed by atoms with E-state index in [0.29, 0.717) is 17.8 Å². The summed E-state index contributed by atoms with van der Waals surface area (Å²) in [4.78, 5) is 12.4. The van der Waals surface area contributed by atoms with Crippen molar-refractivity contribution >= 4 is 17.3 Å². The maximum absolute atomic E-state index is 12.4. The summed E-state index contributed by atoms with van der Waals surface area (Å²) in [6.07, 6.45) is 11.2. The number of hydrogen-bond acceptors (Lipinski definition) is 4. The molecule has 0 aromatic carbocycles. The minimum Gasteiger partial charge on any atom is -0.348 e. The topological polar surface area (TPSA) is 65.8 Å². The summed E-state index contributed by atoms with van der Waals surface area (Å²) in [5, 5.41) is 14.9. The van der Waals surface area contributed by atoms with E-state index in [2.05, 4.69) is 20.8 Å². The zero-order valence-corrected chi connectivity index (χ0v) is 11.3. The molecule has 2 saturated heterocycles. The summed E-state index contributed by atoms with van der Waals surface area (Å²) in [7, 11) is 0. The molecular formula is C15H18N4O. The molecule has 2 atom stereocenters. The van der Waals surface area contributed by atoms with Crippen LogP contribution >= 0.6 is 0 Å². The predicted molar refractivity (Wildman–Crippen MR) is 77.8 cm³/mol. The van der Waals surface area contributed by atoms with Gasteiger partial charge in [0.25, 0.3) is 5.91 Å². The minimum absolute atomic E-state index is 0.0726. The van der Waals surface area contributed by atoms with E-state index < -0.39 is 0 Å². The Bertz CT molecular complexity index is 560. The van der Waals surface area contributed by atoms with Crippen molar-refractivity contribution in [3.8, 4) is 0 Å². The Hall–Kier alpha value is -1.75. The van der Waals surface area contributed by atoms with Crippen molar-refractivity contribution in [2.75, 3.05) is 0 Å². The lowest BCUT2D eigenvalue weighted by atomic mass is 9.96. The summed E-state index contributed by atoms with van der Waals surface area (Å²) in [5.74, 6) is -0.0726. The number of nitrogens with zero attached hydrogens (tertiary/aromatic N) is 2. The average molecular weight is 270 g/mol. The summed E-state index contributed by atoms with van der Waals surface area (Å²) in [6.45, 7) is 0. The van der Waals surface area contributed by atoms with Crippen LogP contribution in [0.5, 0.6) is 0 Å². The Morgan fingerprint density at radius 2 is 2.05 bits per heavy atom. The molecule has 3 heterocycles. The monoisotopic (exact) mass is 270 g/mol. The van der Waals surface area contributed by atoms with Crippen molar-refractivity contribution in [1.29, 1.82) is 0 Å². The number of rotatable bonds is 2. The molecule has 0 aromatic rings. The van der Waals surface area contributed by atoms with Crippen LogP contribution in [0.3, 0.4) is 0 Å². The van der Waals surface area contributed by atoms with Crippen LogP contribution in [0, 0.1) is 0 Å². The first-order valence-electron chi connectivity index (χ1n) is 7.38. The molecule has 0 aromatic heterocycles. The van der Waals surface area contributed by atoms with E-state index >= 15 is 0 Å². The molecule has 2 N–H and O–H groups in total. The molecule has 2 unspecified atom stereocenters. The Labute approximate surface area is 117 Å². The Morgan fingerprint density at radius 3 is 2.85 bits per heavy atom. The van der Waals surface area contributed by atoms with Crippen molar-refractivity contribution < 1.29 is 4.79 Å². The minimum atomic E-state index is -0.0726. The van der Waals surface area contributed by atoms with Gasteiger partial charge in [-0.25, -0.2) is 0 Å². The van der Waals surface area contributed by atoms with Gasteiger partial charge in [-0.3, -0.25) is 4.79 Å². The summed E-state index contributed by atoms with van der Waals surface area (Å²) in [5.41, 5.74) is 2.28. The van der Waals surface area contributed by atoms with Gasteiger partial charge in [-0.05, 0) is 25.7 Å². The highest BCUT2D eigenvalue weighted by molar-refractivity contribution is 6.53. The van der Waals surface area contributed by atoms with Gasteiger partial charge in [-0.1, -0.05) is 18.2 Å². The number of allylic oxidation sites excluding steroid dienone is 3. The average Bonchev–Trinajstić information content (AvgIpc) is 3.02. The molecule has 20 heavy (non-hydrogen) atoms. The standard InChI is InChI=1S/C15H18N4O/c20-15(14-12-3-1-2-4-13(12)18-19-14)17-11-7-9-5-6-10(8-11)16-9/h1-3,9-11,16H,4-8H2,(H,17,20). The largest absolute Gasteiger partial charge is 0.348 e. The normalized spacial score (nSPS) is 34.2. The van der Waals surface area contributed by atoms with Crippen LogP contribution in [-0.4, -0.2) is 35.5 Å². The number of fused-ring (bicyclic) bond motifs is 3. The van der Waals surface area contributed by atoms with Gasteiger partial charge in [0.2, 0.25) is 0 Å². The summed E-state index contributed by atoms with van der Waals surface area (Å²) < 4.78 is 0. The first-order chi connectivity index (χ1) is 9.79. The van der Waals surface area contributed by atoms with Gasteiger partial charge in [0.05, 0.1) is 5.71 Å². The maximum Gasteiger partial charge on any atom is 0.272 e. The van der Waals surface area contributed by atoms with Gasteiger partial charge in [-0.2, -0.15) is 5.10 Å². The predicted octanol–water partition coefficient (Wildman–Crippen LogP) is 1.08. The fraction of sp³-hybridized carbons (Fsp3) is 0.533. The number of hydrogen-bond donors (Lipinski definition) is 2. The Balaban J connectivity index is 1.44. The van der Waals surface area contributed by atoms with Crippen LogP contribution < -0.4 is 10.6 Å². The molecule has 0 spiro atoms. The molecule has 1 amide bonds. The van der Waals surface area contributed by atoms with Gasteiger partial charge < -0.3 is 10.6 Å². The van der Waals surface area contributed by atoms with Crippen LogP contribution in [0.1, 0.15) is 32.1 Å². The van der Waals surface area contributed by atoms with Gasteiger partial charge >= 0.3 is 0 Å². The lowest BCUT2D eigenvalue weighted by Crippen LogP contribution is -2.49. The second-order valence-electron chi connectivity index (χ2n) is 5.99. The molecule has 4 rings (SSSR count). The van der Waals surface area contributed by atoms with Crippen LogP contribution in [-0.2, 0) is 4.79 Å². The number of carbonyl (C=O) groups is 1. The van der Waals surface area contributed by atoms with Gasteiger partial charge in [-0.15, -0.1) is 5.10 Å². The van der Waals surface area contributed by atoms with Crippen molar-refractivity contribution in [3.05, 3.63) is 23.8 Å². The molecule has 5 heteroatoms. The van der Waals surface area contributed by atoms with Crippen molar-refractivity contribution in [2.45, 2.75) is 50.2 Å². The molecule has 4 aliphatic rings. The van der Waals surface area contributed by atoms with E-state index in [9.17, 15) is 4.79 Å². The molecule has 1 aliphatic carbocycles. The smallest absolute Gasteiger partial charge is 0.272 e. The van der Waals surface area contributed by atoms with Crippen LogP contribution in [0.15, 0.2) is 34.0 Å². The number of carbonyl (C=O) groups excluding carboxylic acids is 1. The molecule has 0 saturated carbocycles. The summed E-state index contributed by atoms with van der Waals surface area (Å²) >= 11 is 0. The number of piperidine rings is 1. The highest BCUT2D eigenvalue weighted by Crippen LogP contribution is 2.27. The third-order valence-electron chi connectivity index (χ3n) is 4.57. The van der Waals surface area contributed by atoms with Crippen molar-refractivity contribution in [2.24, 2.45) is 10.2 Å². The third-order valence-corrected chi connectivity index (χ3v) is 4.57. The van der Waals surface area contributed by atoms with Gasteiger partial charge in [0.15, 0.2) is 5.71 Å². The van der Waals surface area contributed by atoms with E-state index in [4.69, 9.17) is 0 Å². The van der Waals surface area contributed by atoms with Gasteiger partial charge in [0.1, 0.15) is 0 Å². The third kappa shape index (κ3) is 2.02. The van der Waals surface area contributed by atoms with Crippen LogP contribution in [0.25, 0.3) is 0 Å². The van der Waals surface area contributed by atoms with Crippen molar-refractivity contribution in [3.63, 3.8) is 0 Å². The lowest BCUT2D eigenvalue weighted by Gasteiger charge is -2.29. The highest BCUT2D eigenvalue weighted by Gasteiger charge is 2.35. The first-order valence-corrected chi connectivity index (χ1v) is 7.38. The SMILES string of the molecule is O=C(NC1CC2CCC(C1)N2)C1=NN=C2CC=CC=C21. The van der Waals surface area contributed by atoms with Crippen LogP contribution in [0.2, 0.25) is 0 Å².